The van der Waals surface area contributed by atoms with Crippen LogP contribution in [0.15, 0.2) is 29.3 Å². The first kappa shape index (κ1) is 12.6. The van der Waals surface area contributed by atoms with Crippen molar-refractivity contribution in [1.29, 1.82) is 0 Å². The number of aliphatic imine (C=N–C) groups is 1. The standard InChI is InChI=1S/C13H20N2O/c1-13(2,3)12(14)15-9-10-7-5-6-8-11(10)16-4/h5-8H,9H2,1-4H3,(H2,14,15). The number of hydrogen-bond donors (Lipinski definition) is 1. The molecule has 0 amide bonds. The number of para-hydroxylation sites is 1. The van der Waals surface area contributed by atoms with E-state index < -0.39 is 0 Å². The molecule has 88 valence electrons. The van der Waals surface area contributed by atoms with E-state index in [1.165, 1.54) is 0 Å². The Labute approximate surface area is 97.3 Å². The molecule has 0 heterocycles. The van der Waals surface area contributed by atoms with E-state index in [1.54, 1.807) is 7.11 Å². The van der Waals surface area contributed by atoms with Gasteiger partial charge in [-0.25, -0.2) is 0 Å². The minimum atomic E-state index is -0.0813. The van der Waals surface area contributed by atoms with Crippen LogP contribution < -0.4 is 10.5 Å². The number of methoxy groups -OCH3 is 1. The fraction of sp³-hybridized carbons (Fsp3) is 0.462. The molecule has 0 fully saturated rings. The van der Waals surface area contributed by atoms with Crippen molar-refractivity contribution in [3.05, 3.63) is 29.8 Å². The van der Waals surface area contributed by atoms with Crippen molar-refractivity contribution in [2.24, 2.45) is 16.1 Å². The molecule has 2 N–H and O–H groups in total. The lowest BCUT2D eigenvalue weighted by atomic mass is 9.95. The number of nitrogens with two attached hydrogens (primary N) is 1. The predicted octanol–water partition coefficient (Wildman–Crippen LogP) is 2.60. The molecule has 0 aliphatic heterocycles. The summed E-state index contributed by atoms with van der Waals surface area (Å²) in [6.07, 6.45) is 0. The van der Waals surface area contributed by atoms with Crippen LogP contribution in [0.2, 0.25) is 0 Å². The highest BCUT2D eigenvalue weighted by molar-refractivity contribution is 5.85. The van der Waals surface area contributed by atoms with Crippen LogP contribution in [0.25, 0.3) is 0 Å². The van der Waals surface area contributed by atoms with Gasteiger partial charge in [0.05, 0.1) is 19.5 Å². The third kappa shape index (κ3) is 3.26. The van der Waals surface area contributed by atoms with Crippen molar-refractivity contribution in [3.8, 4) is 5.75 Å². The van der Waals surface area contributed by atoms with Crippen LogP contribution >= 0.6 is 0 Å². The maximum absolute atomic E-state index is 5.90. The van der Waals surface area contributed by atoms with Gasteiger partial charge < -0.3 is 10.5 Å². The van der Waals surface area contributed by atoms with E-state index in [0.29, 0.717) is 12.4 Å². The van der Waals surface area contributed by atoms with Gasteiger partial charge in [0.2, 0.25) is 0 Å². The second-order valence-electron chi connectivity index (χ2n) is 4.76. The van der Waals surface area contributed by atoms with Gasteiger partial charge in [0.25, 0.3) is 0 Å². The summed E-state index contributed by atoms with van der Waals surface area (Å²) < 4.78 is 5.25. The lowest BCUT2D eigenvalue weighted by molar-refractivity contribution is 0.410. The number of rotatable bonds is 3. The van der Waals surface area contributed by atoms with Gasteiger partial charge in [-0.1, -0.05) is 39.0 Å². The summed E-state index contributed by atoms with van der Waals surface area (Å²) >= 11 is 0. The molecular weight excluding hydrogens is 200 g/mol. The Balaban J connectivity index is 2.82. The molecule has 0 radical (unpaired) electrons. The first-order valence-electron chi connectivity index (χ1n) is 5.37. The lowest BCUT2D eigenvalue weighted by Crippen LogP contribution is -2.29. The number of nitrogens with zero attached hydrogens (tertiary/aromatic N) is 1. The van der Waals surface area contributed by atoms with Crippen LogP contribution in [0.4, 0.5) is 0 Å². The van der Waals surface area contributed by atoms with E-state index in [9.17, 15) is 0 Å². The molecule has 1 rings (SSSR count). The average molecular weight is 220 g/mol. The molecule has 0 spiro atoms. The molecule has 1 aromatic rings. The van der Waals surface area contributed by atoms with Crippen molar-refractivity contribution < 1.29 is 4.74 Å². The molecule has 0 saturated carbocycles. The minimum Gasteiger partial charge on any atom is -0.496 e. The van der Waals surface area contributed by atoms with E-state index in [1.807, 2.05) is 45.0 Å². The highest BCUT2D eigenvalue weighted by atomic mass is 16.5. The molecule has 0 unspecified atom stereocenters. The maximum atomic E-state index is 5.90. The second kappa shape index (κ2) is 5.01. The smallest absolute Gasteiger partial charge is 0.123 e. The fourth-order valence-electron chi connectivity index (χ4n) is 1.24. The normalized spacial score (nSPS) is 12.6. The molecule has 3 heteroatoms. The Morgan fingerprint density at radius 1 is 1.31 bits per heavy atom. The van der Waals surface area contributed by atoms with Crippen LogP contribution in [0, 0.1) is 5.41 Å². The predicted molar refractivity (Wildman–Crippen MR) is 67.8 cm³/mol. The van der Waals surface area contributed by atoms with Crippen LogP contribution in [0.1, 0.15) is 26.3 Å². The summed E-state index contributed by atoms with van der Waals surface area (Å²) in [6, 6.07) is 7.84. The summed E-state index contributed by atoms with van der Waals surface area (Å²) in [7, 11) is 1.66. The van der Waals surface area contributed by atoms with Crippen molar-refractivity contribution in [1.82, 2.24) is 0 Å². The van der Waals surface area contributed by atoms with E-state index in [4.69, 9.17) is 10.5 Å². The third-order valence-electron chi connectivity index (χ3n) is 2.38. The molecule has 0 aliphatic carbocycles. The summed E-state index contributed by atoms with van der Waals surface area (Å²) in [6.45, 7) is 6.71. The van der Waals surface area contributed by atoms with Crippen molar-refractivity contribution in [2.45, 2.75) is 27.3 Å². The van der Waals surface area contributed by atoms with E-state index in [-0.39, 0.29) is 5.41 Å². The van der Waals surface area contributed by atoms with Gasteiger partial charge in [-0.3, -0.25) is 4.99 Å². The molecule has 16 heavy (non-hydrogen) atoms. The summed E-state index contributed by atoms with van der Waals surface area (Å²) in [4.78, 5) is 4.39. The van der Waals surface area contributed by atoms with Crippen molar-refractivity contribution in [2.75, 3.05) is 7.11 Å². The summed E-state index contributed by atoms with van der Waals surface area (Å²) in [5, 5.41) is 0. The topological polar surface area (TPSA) is 47.6 Å². The Bertz CT molecular complexity index is 378. The summed E-state index contributed by atoms with van der Waals surface area (Å²) in [5.74, 6) is 1.52. The van der Waals surface area contributed by atoms with Crippen LogP contribution in [0.5, 0.6) is 5.75 Å². The highest BCUT2D eigenvalue weighted by Crippen LogP contribution is 2.19. The second-order valence-corrected chi connectivity index (χ2v) is 4.76. The molecule has 0 aliphatic rings. The SMILES string of the molecule is COc1ccccc1CN=C(N)C(C)(C)C. The van der Waals surface area contributed by atoms with Crippen LogP contribution in [0.3, 0.4) is 0 Å². The van der Waals surface area contributed by atoms with Crippen molar-refractivity contribution in [3.63, 3.8) is 0 Å². The Hall–Kier alpha value is -1.51. The zero-order valence-corrected chi connectivity index (χ0v) is 10.4. The van der Waals surface area contributed by atoms with E-state index in [0.717, 1.165) is 11.3 Å². The molecule has 0 atom stereocenters. The van der Waals surface area contributed by atoms with Crippen LogP contribution in [-0.4, -0.2) is 12.9 Å². The fourth-order valence-corrected chi connectivity index (χ4v) is 1.24. The van der Waals surface area contributed by atoms with Gasteiger partial charge in [-0.05, 0) is 6.07 Å². The zero-order chi connectivity index (χ0) is 12.2. The highest BCUT2D eigenvalue weighted by Gasteiger charge is 2.15. The number of amidine groups is 1. The maximum Gasteiger partial charge on any atom is 0.123 e. The Morgan fingerprint density at radius 2 is 1.94 bits per heavy atom. The largest absolute Gasteiger partial charge is 0.496 e. The van der Waals surface area contributed by atoms with Gasteiger partial charge in [-0.15, -0.1) is 0 Å². The van der Waals surface area contributed by atoms with Gasteiger partial charge >= 0.3 is 0 Å². The molecule has 3 nitrogen and oxygen atoms in total. The molecule has 0 aromatic heterocycles. The quantitative estimate of drug-likeness (QED) is 0.628. The zero-order valence-electron chi connectivity index (χ0n) is 10.4. The van der Waals surface area contributed by atoms with E-state index in [2.05, 4.69) is 4.99 Å². The monoisotopic (exact) mass is 220 g/mol. The number of ether oxygens (including phenoxy) is 1. The first-order valence-corrected chi connectivity index (χ1v) is 5.37. The third-order valence-corrected chi connectivity index (χ3v) is 2.38. The lowest BCUT2D eigenvalue weighted by Gasteiger charge is -2.17. The molecule has 1 aromatic carbocycles. The van der Waals surface area contributed by atoms with Crippen LogP contribution in [-0.2, 0) is 6.54 Å². The molecule has 0 bridgehead atoms. The average Bonchev–Trinajstić information content (AvgIpc) is 2.24. The number of hydrogen-bond acceptors (Lipinski definition) is 2. The minimum absolute atomic E-state index is 0.0813. The molecule has 0 saturated heterocycles. The van der Waals surface area contributed by atoms with Gasteiger partial charge in [0, 0.05) is 11.0 Å². The van der Waals surface area contributed by atoms with Gasteiger partial charge in [0.1, 0.15) is 5.75 Å². The summed E-state index contributed by atoms with van der Waals surface area (Å²) in [5.41, 5.74) is 6.87. The molecular formula is C13H20N2O. The van der Waals surface area contributed by atoms with E-state index >= 15 is 0 Å². The van der Waals surface area contributed by atoms with Crippen molar-refractivity contribution >= 4 is 5.84 Å². The Morgan fingerprint density at radius 3 is 2.50 bits per heavy atom. The number of benzene rings is 1. The van der Waals surface area contributed by atoms with Gasteiger partial charge in [-0.2, -0.15) is 0 Å². The Kier molecular flexibility index (Phi) is 3.93. The van der Waals surface area contributed by atoms with Gasteiger partial charge in [0.15, 0.2) is 0 Å². The first-order chi connectivity index (χ1) is 7.45.